The van der Waals surface area contributed by atoms with Crippen molar-refractivity contribution in [1.82, 2.24) is 0 Å². The summed E-state index contributed by atoms with van der Waals surface area (Å²) in [7, 11) is 5.77. The van der Waals surface area contributed by atoms with Gasteiger partial charge in [-0.2, -0.15) is 0 Å². The maximum atomic E-state index is 12.9. The number of hydrogen-bond acceptors (Lipinski definition) is 7. The SMILES string of the molecule is COc1ccc(-c2oc3c(OC)c(OC)cc(O)c3c(=O)c2OC)cc1. The fourth-order valence-corrected chi connectivity index (χ4v) is 2.75. The van der Waals surface area contributed by atoms with Gasteiger partial charge in [-0.3, -0.25) is 4.79 Å². The van der Waals surface area contributed by atoms with E-state index in [4.69, 9.17) is 23.4 Å². The van der Waals surface area contributed by atoms with Crippen molar-refractivity contribution in [3.63, 3.8) is 0 Å². The zero-order valence-electron chi connectivity index (χ0n) is 14.8. The number of benzene rings is 2. The first-order valence-corrected chi connectivity index (χ1v) is 7.68. The van der Waals surface area contributed by atoms with Crippen molar-refractivity contribution in [3.05, 3.63) is 40.6 Å². The maximum Gasteiger partial charge on any atom is 0.239 e. The third kappa shape index (κ3) is 2.67. The highest BCUT2D eigenvalue weighted by molar-refractivity contribution is 5.93. The molecule has 7 heteroatoms. The van der Waals surface area contributed by atoms with Crippen LogP contribution in [0.4, 0.5) is 0 Å². The minimum absolute atomic E-state index is 0.0230. The normalized spacial score (nSPS) is 10.6. The lowest BCUT2D eigenvalue weighted by Gasteiger charge is -2.14. The topological polar surface area (TPSA) is 87.4 Å². The number of ether oxygens (including phenoxy) is 4. The molecule has 0 unspecified atom stereocenters. The summed E-state index contributed by atoms with van der Waals surface area (Å²) in [5, 5.41) is 10.2. The molecule has 0 atom stereocenters. The van der Waals surface area contributed by atoms with Crippen molar-refractivity contribution < 1.29 is 28.5 Å². The Morgan fingerprint density at radius 3 is 2.08 bits per heavy atom. The van der Waals surface area contributed by atoms with Gasteiger partial charge in [-0.25, -0.2) is 0 Å². The van der Waals surface area contributed by atoms with E-state index in [0.717, 1.165) is 0 Å². The lowest BCUT2D eigenvalue weighted by Crippen LogP contribution is -2.09. The number of phenols is 1. The van der Waals surface area contributed by atoms with E-state index in [1.54, 1.807) is 31.4 Å². The highest BCUT2D eigenvalue weighted by Crippen LogP contribution is 2.43. The predicted molar refractivity (Wildman–Crippen MR) is 95.8 cm³/mol. The number of rotatable bonds is 5. The third-order valence-electron chi connectivity index (χ3n) is 4.01. The van der Waals surface area contributed by atoms with Crippen molar-refractivity contribution >= 4 is 11.0 Å². The highest BCUT2D eigenvalue weighted by atomic mass is 16.5. The molecule has 0 bridgehead atoms. The van der Waals surface area contributed by atoms with Gasteiger partial charge in [-0.15, -0.1) is 0 Å². The zero-order valence-corrected chi connectivity index (χ0v) is 14.8. The molecule has 0 amide bonds. The van der Waals surface area contributed by atoms with Crippen molar-refractivity contribution in [2.24, 2.45) is 0 Å². The van der Waals surface area contributed by atoms with Crippen molar-refractivity contribution in [2.45, 2.75) is 0 Å². The van der Waals surface area contributed by atoms with Crippen LogP contribution in [0.1, 0.15) is 0 Å². The number of phenolic OH excluding ortho intramolecular Hbond substituents is 1. The smallest absolute Gasteiger partial charge is 0.239 e. The standard InChI is InChI=1S/C19H18O7/c1-22-11-7-5-10(6-8-11)16-19(25-4)15(21)14-12(20)9-13(23-2)17(24-3)18(14)26-16/h5-9,20H,1-4H3. The van der Waals surface area contributed by atoms with Gasteiger partial charge >= 0.3 is 0 Å². The third-order valence-corrected chi connectivity index (χ3v) is 4.01. The molecule has 0 spiro atoms. The van der Waals surface area contributed by atoms with E-state index in [9.17, 15) is 9.90 Å². The van der Waals surface area contributed by atoms with Crippen molar-refractivity contribution in [1.29, 1.82) is 0 Å². The Balaban J connectivity index is 2.40. The number of hydrogen-bond donors (Lipinski definition) is 1. The van der Waals surface area contributed by atoms with Gasteiger partial charge in [0, 0.05) is 11.6 Å². The molecule has 0 saturated heterocycles. The van der Waals surface area contributed by atoms with Crippen LogP contribution in [0.3, 0.4) is 0 Å². The lowest BCUT2D eigenvalue weighted by molar-refractivity contribution is 0.348. The second-order valence-electron chi connectivity index (χ2n) is 5.36. The second kappa shape index (κ2) is 6.87. The molecule has 0 aliphatic heterocycles. The van der Waals surface area contributed by atoms with Crippen LogP contribution in [-0.2, 0) is 0 Å². The molecule has 1 heterocycles. The first kappa shape index (κ1) is 17.5. The van der Waals surface area contributed by atoms with Gasteiger partial charge < -0.3 is 28.5 Å². The fraction of sp³-hybridized carbons (Fsp3) is 0.211. The average molecular weight is 358 g/mol. The second-order valence-corrected chi connectivity index (χ2v) is 5.36. The summed E-state index contributed by atoms with van der Waals surface area (Å²) in [6.07, 6.45) is 0. The largest absolute Gasteiger partial charge is 0.507 e. The molecular formula is C19H18O7. The Morgan fingerprint density at radius 2 is 1.54 bits per heavy atom. The summed E-state index contributed by atoms with van der Waals surface area (Å²) in [5.74, 6) is 1.00. The predicted octanol–water partition coefficient (Wildman–Crippen LogP) is 3.20. The van der Waals surface area contributed by atoms with Gasteiger partial charge in [0.1, 0.15) is 16.9 Å². The van der Waals surface area contributed by atoms with Gasteiger partial charge in [0.25, 0.3) is 0 Å². The molecule has 0 fully saturated rings. The Kier molecular flexibility index (Phi) is 4.62. The summed E-state index contributed by atoms with van der Waals surface area (Å²) in [6.45, 7) is 0. The molecule has 0 saturated carbocycles. The Bertz CT molecular complexity index is 1000. The highest BCUT2D eigenvalue weighted by Gasteiger charge is 2.24. The minimum Gasteiger partial charge on any atom is -0.507 e. The number of aromatic hydroxyl groups is 1. The maximum absolute atomic E-state index is 12.9. The van der Waals surface area contributed by atoms with Crippen LogP contribution in [0, 0.1) is 0 Å². The van der Waals surface area contributed by atoms with Crippen LogP contribution in [-0.4, -0.2) is 33.5 Å². The van der Waals surface area contributed by atoms with E-state index in [2.05, 4.69) is 0 Å². The molecule has 7 nitrogen and oxygen atoms in total. The van der Waals surface area contributed by atoms with E-state index < -0.39 is 5.43 Å². The summed E-state index contributed by atoms with van der Waals surface area (Å²) in [4.78, 5) is 12.9. The lowest BCUT2D eigenvalue weighted by atomic mass is 10.1. The zero-order chi connectivity index (χ0) is 18.8. The minimum atomic E-state index is -0.516. The van der Waals surface area contributed by atoms with Gasteiger partial charge in [0.15, 0.2) is 17.1 Å². The molecule has 136 valence electrons. The molecular weight excluding hydrogens is 340 g/mol. The quantitative estimate of drug-likeness (QED) is 0.749. The van der Waals surface area contributed by atoms with Crippen molar-refractivity contribution in [2.75, 3.05) is 28.4 Å². The van der Waals surface area contributed by atoms with Crippen LogP contribution in [0.5, 0.6) is 28.7 Å². The summed E-state index contributed by atoms with van der Waals surface area (Å²) in [6, 6.07) is 8.24. The molecule has 0 aliphatic carbocycles. The Morgan fingerprint density at radius 1 is 0.885 bits per heavy atom. The Labute approximate surface area is 149 Å². The van der Waals surface area contributed by atoms with Crippen LogP contribution < -0.4 is 24.4 Å². The molecule has 0 aliphatic rings. The molecule has 1 aromatic heterocycles. The first-order valence-electron chi connectivity index (χ1n) is 7.68. The molecule has 26 heavy (non-hydrogen) atoms. The van der Waals surface area contributed by atoms with Gasteiger partial charge in [-0.05, 0) is 24.3 Å². The van der Waals surface area contributed by atoms with E-state index >= 15 is 0 Å². The Hall–Kier alpha value is -3.35. The average Bonchev–Trinajstić information content (AvgIpc) is 2.67. The molecule has 1 N–H and O–H groups in total. The van der Waals surface area contributed by atoms with Crippen LogP contribution in [0.15, 0.2) is 39.5 Å². The molecule has 2 aromatic carbocycles. The number of fused-ring (bicyclic) bond motifs is 1. The van der Waals surface area contributed by atoms with Gasteiger partial charge in [0.2, 0.25) is 16.9 Å². The van der Waals surface area contributed by atoms with Gasteiger partial charge in [-0.1, -0.05) is 0 Å². The van der Waals surface area contributed by atoms with E-state index in [1.807, 2.05) is 0 Å². The summed E-state index contributed by atoms with van der Waals surface area (Å²) in [5.41, 5.74) is 0.157. The van der Waals surface area contributed by atoms with Crippen LogP contribution in [0.2, 0.25) is 0 Å². The van der Waals surface area contributed by atoms with Gasteiger partial charge in [0.05, 0.1) is 28.4 Å². The van der Waals surface area contributed by atoms with Crippen LogP contribution in [0.25, 0.3) is 22.3 Å². The summed E-state index contributed by atoms with van der Waals surface area (Å²) < 4.78 is 26.9. The van der Waals surface area contributed by atoms with E-state index in [-0.39, 0.29) is 39.7 Å². The van der Waals surface area contributed by atoms with E-state index in [0.29, 0.717) is 11.3 Å². The van der Waals surface area contributed by atoms with Crippen LogP contribution >= 0.6 is 0 Å². The monoisotopic (exact) mass is 358 g/mol. The summed E-state index contributed by atoms with van der Waals surface area (Å²) >= 11 is 0. The molecule has 3 aromatic rings. The molecule has 0 radical (unpaired) electrons. The molecule has 3 rings (SSSR count). The fourth-order valence-electron chi connectivity index (χ4n) is 2.75. The number of methoxy groups -OCH3 is 4. The first-order chi connectivity index (χ1) is 12.5. The van der Waals surface area contributed by atoms with E-state index in [1.165, 1.54) is 27.4 Å². The van der Waals surface area contributed by atoms with Crippen molar-refractivity contribution in [3.8, 4) is 40.1 Å².